The number of benzene rings is 2. The molecule has 0 bridgehead atoms. The molecule has 38 heavy (non-hydrogen) atoms. The van der Waals surface area contributed by atoms with Crippen molar-refractivity contribution >= 4 is 21.5 Å². The Hall–Kier alpha value is -3.13. The van der Waals surface area contributed by atoms with Gasteiger partial charge in [0.1, 0.15) is 11.4 Å². The highest BCUT2D eigenvalue weighted by atomic mass is 32.2. The molecular weight excluding hydrogens is 542 g/mol. The number of carbonyl (C=O) groups excluding carboxylic acids is 1. The van der Waals surface area contributed by atoms with E-state index in [1.165, 1.54) is 11.0 Å². The maximum absolute atomic E-state index is 14.2. The lowest BCUT2D eigenvalue weighted by Crippen LogP contribution is -2.62. The van der Waals surface area contributed by atoms with Gasteiger partial charge in [0.15, 0.2) is 9.84 Å². The molecule has 3 heterocycles. The van der Waals surface area contributed by atoms with Crippen molar-refractivity contribution in [2.75, 3.05) is 25.1 Å². The summed E-state index contributed by atoms with van der Waals surface area (Å²) in [5.74, 6) is -1.18. The predicted octanol–water partition coefficient (Wildman–Crippen LogP) is 3.90. The number of likely N-dealkylation sites (tertiary alicyclic amines) is 1. The first-order valence-corrected chi connectivity index (χ1v) is 13.3. The summed E-state index contributed by atoms with van der Waals surface area (Å²) in [7, 11) is -3.50. The molecule has 14 heteroatoms. The monoisotopic (exact) mass is 562 g/mol. The minimum Gasteiger partial charge on any atom is -0.374 e. The molecule has 1 unspecified atom stereocenters. The van der Waals surface area contributed by atoms with Gasteiger partial charge in [-0.1, -0.05) is 29.4 Å². The molecule has 2 aromatic rings. The summed E-state index contributed by atoms with van der Waals surface area (Å²) in [6, 6.07) is 7.63. The summed E-state index contributed by atoms with van der Waals surface area (Å²) in [6.07, 6.45) is -9.79. The number of fused-ring (bicyclic) bond motifs is 2. The number of alkyl halides is 6. The highest BCUT2D eigenvalue weighted by Crippen LogP contribution is 2.50. The van der Waals surface area contributed by atoms with E-state index in [1.807, 2.05) is 0 Å². The SMILES string of the molecule is CS(=O)(=O)CC(=O)N1CC2(C1)OCc1cc(C3=NOC(c4cccc(C(F)(F)F)c4)(C(F)(F)F)C3)ccc12. The van der Waals surface area contributed by atoms with Crippen LogP contribution >= 0.6 is 0 Å². The van der Waals surface area contributed by atoms with Gasteiger partial charge in [-0.25, -0.2) is 8.42 Å². The maximum atomic E-state index is 14.2. The average Bonchev–Trinajstić information content (AvgIpc) is 3.39. The van der Waals surface area contributed by atoms with Gasteiger partial charge >= 0.3 is 12.4 Å². The first-order chi connectivity index (χ1) is 17.5. The van der Waals surface area contributed by atoms with E-state index in [4.69, 9.17) is 9.57 Å². The average molecular weight is 562 g/mol. The highest BCUT2D eigenvalue weighted by molar-refractivity contribution is 7.91. The van der Waals surface area contributed by atoms with E-state index in [0.29, 0.717) is 23.3 Å². The van der Waals surface area contributed by atoms with Crippen molar-refractivity contribution in [2.24, 2.45) is 5.16 Å². The molecule has 204 valence electrons. The summed E-state index contributed by atoms with van der Waals surface area (Å²) in [4.78, 5) is 18.4. The third-order valence-corrected chi connectivity index (χ3v) is 7.68. The number of sulfone groups is 1. The van der Waals surface area contributed by atoms with Crippen LogP contribution in [0.1, 0.15) is 34.2 Å². The molecule has 0 saturated carbocycles. The second-order valence-electron chi connectivity index (χ2n) is 9.68. The number of hydrogen-bond donors (Lipinski definition) is 0. The molecule has 3 aliphatic heterocycles. The summed E-state index contributed by atoms with van der Waals surface area (Å²) in [5, 5.41) is 3.62. The number of hydrogen-bond acceptors (Lipinski definition) is 6. The number of rotatable bonds is 4. The largest absolute Gasteiger partial charge is 0.435 e. The van der Waals surface area contributed by atoms with E-state index < -0.39 is 62.6 Å². The Morgan fingerprint density at radius 2 is 1.79 bits per heavy atom. The predicted molar refractivity (Wildman–Crippen MR) is 121 cm³/mol. The lowest BCUT2D eigenvalue weighted by Gasteiger charge is -2.47. The Morgan fingerprint density at radius 1 is 1.08 bits per heavy atom. The third kappa shape index (κ3) is 4.42. The van der Waals surface area contributed by atoms with Crippen LogP contribution in [0.5, 0.6) is 0 Å². The highest BCUT2D eigenvalue weighted by Gasteiger charge is 2.62. The van der Waals surface area contributed by atoms with Crippen LogP contribution in [0.3, 0.4) is 0 Å². The van der Waals surface area contributed by atoms with Gasteiger partial charge in [0.25, 0.3) is 5.60 Å². The third-order valence-electron chi connectivity index (χ3n) is 6.91. The zero-order valence-electron chi connectivity index (χ0n) is 19.7. The lowest BCUT2D eigenvalue weighted by molar-refractivity contribution is -0.276. The van der Waals surface area contributed by atoms with Crippen LogP contribution in [0.25, 0.3) is 0 Å². The van der Waals surface area contributed by atoms with Crippen LogP contribution in [-0.4, -0.2) is 56.2 Å². The van der Waals surface area contributed by atoms with Gasteiger partial charge in [-0.3, -0.25) is 4.79 Å². The van der Waals surface area contributed by atoms with E-state index in [2.05, 4.69) is 5.16 Å². The standard InChI is InChI=1S/C24H20F6N2O5S/c1-38(34,35)11-20(33)32-12-21(13-32)18-6-5-14(7-15(18)10-36-21)19-9-22(37-31-19,24(28,29)30)16-3-2-4-17(8-16)23(25,26)27/h2-8H,9-13H2,1H3. The van der Waals surface area contributed by atoms with E-state index in [-0.39, 0.29) is 31.0 Å². The Balaban J connectivity index is 1.38. The number of nitrogens with zero attached hydrogens (tertiary/aromatic N) is 2. The minimum absolute atomic E-state index is 0.0953. The van der Waals surface area contributed by atoms with Gasteiger partial charge in [0.05, 0.1) is 31.0 Å². The molecule has 1 amide bonds. The summed E-state index contributed by atoms with van der Waals surface area (Å²) >= 11 is 0. The van der Waals surface area contributed by atoms with Gasteiger partial charge in [-0.15, -0.1) is 0 Å². The summed E-state index contributed by atoms with van der Waals surface area (Å²) in [5.41, 5.74) is -4.34. The van der Waals surface area contributed by atoms with Crippen LogP contribution in [0.2, 0.25) is 0 Å². The van der Waals surface area contributed by atoms with Gasteiger partial charge in [-0.05, 0) is 34.9 Å². The van der Waals surface area contributed by atoms with E-state index in [9.17, 15) is 39.6 Å². The first-order valence-electron chi connectivity index (χ1n) is 11.3. The van der Waals surface area contributed by atoms with E-state index >= 15 is 0 Å². The van der Waals surface area contributed by atoms with Crippen molar-refractivity contribution in [2.45, 2.75) is 36.6 Å². The van der Waals surface area contributed by atoms with E-state index in [0.717, 1.165) is 18.4 Å². The smallest absolute Gasteiger partial charge is 0.374 e. The molecule has 0 aliphatic carbocycles. The number of carbonyl (C=O) groups is 1. The molecule has 1 spiro atoms. The molecule has 0 radical (unpaired) electrons. The minimum atomic E-state index is -5.07. The Labute approximate surface area is 212 Å². The molecular formula is C24H20F6N2O5S. The summed E-state index contributed by atoms with van der Waals surface area (Å²) < 4.78 is 111. The van der Waals surface area contributed by atoms with Crippen molar-refractivity contribution in [3.05, 3.63) is 70.3 Å². The van der Waals surface area contributed by atoms with Crippen LogP contribution in [0.15, 0.2) is 47.6 Å². The number of halogens is 6. The summed E-state index contributed by atoms with van der Waals surface area (Å²) in [6.45, 7) is 0.360. The Kier molecular flexibility index (Phi) is 5.88. The Bertz CT molecular complexity index is 1450. The van der Waals surface area contributed by atoms with Crippen LogP contribution < -0.4 is 0 Å². The number of amides is 1. The van der Waals surface area contributed by atoms with Gasteiger partial charge < -0.3 is 14.5 Å². The van der Waals surface area contributed by atoms with Gasteiger partial charge in [0.2, 0.25) is 5.91 Å². The molecule has 7 nitrogen and oxygen atoms in total. The molecule has 2 aromatic carbocycles. The maximum Gasteiger partial charge on any atom is 0.435 e. The molecule has 0 aromatic heterocycles. The molecule has 1 atom stereocenters. The first kappa shape index (κ1) is 26.5. The number of oxime groups is 1. The van der Waals surface area contributed by atoms with Crippen LogP contribution in [0, 0.1) is 0 Å². The molecule has 0 N–H and O–H groups in total. The van der Waals surface area contributed by atoms with Gasteiger partial charge in [0, 0.05) is 18.2 Å². The van der Waals surface area contributed by atoms with Crippen LogP contribution in [-0.2, 0) is 48.2 Å². The second-order valence-corrected chi connectivity index (χ2v) is 11.8. The van der Waals surface area contributed by atoms with Crippen molar-refractivity contribution in [1.29, 1.82) is 0 Å². The quantitative estimate of drug-likeness (QED) is 0.528. The Morgan fingerprint density at radius 3 is 2.42 bits per heavy atom. The van der Waals surface area contributed by atoms with Crippen molar-refractivity contribution in [3.8, 4) is 0 Å². The second kappa shape index (κ2) is 8.43. The fraction of sp³-hybridized carbons (Fsp3) is 0.417. The molecule has 5 rings (SSSR count). The topological polar surface area (TPSA) is 85.3 Å². The van der Waals surface area contributed by atoms with Gasteiger partial charge in [-0.2, -0.15) is 26.3 Å². The lowest BCUT2D eigenvalue weighted by atomic mass is 9.83. The fourth-order valence-corrected chi connectivity index (χ4v) is 5.59. The number of ether oxygens (including phenoxy) is 1. The fourth-order valence-electron chi connectivity index (χ4n) is 4.96. The normalized spacial score (nSPS) is 22.6. The van der Waals surface area contributed by atoms with Crippen molar-refractivity contribution < 1.29 is 49.1 Å². The molecule has 3 aliphatic rings. The molecule has 1 saturated heterocycles. The van der Waals surface area contributed by atoms with E-state index in [1.54, 1.807) is 12.1 Å². The van der Waals surface area contributed by atoms with Crippen LogP contribution in [0.4, 0.5) is 26.3 Å². The molecule has 1 fully saturated rings. The van der Waals surface area contributed by atoms with Crippen molar-refractivity contribution in [1.82, 2.24) is 4.90 Å². The zero-order chi connectivity index (χ0) is 27.7. The van der Waals surface area contributed by atoms with Crippen molar-refractivity contribution in [3.63, 3.8) is 0 Å². The zero-order valence-corrected chi connectivity index (χ0v) is 20.5.